The second-order valence-corrected chi connectivity index (χ2v) is 6.15. The van der Waals surface area contributed by atoms with E-state index in [2.05, 4.69) is 0 Å². The lowest BCUT2D eigenvalue weighted by molar-refractivity contribution is -0.110. The Morgan fingerprint density at radius 2 is 1.52 bits per heavy atom. The average Bonchev–Trinajstić information content (AvgIpc) is 2.70. The highest BCUT2D eigenvalue weighted by atomic mass is 16.5. The number of carboxylic acids is 2. The Kier molecular flexibility index (Phi) is 5.32. The quantitative estimate of drug-likeness (QED) is 0.714. The highest BCUT2D eigenvalue weighted by molar-refractivity contribution is 6.05. The molecular weight excluding hydrogens is 376 g/mol. The first-order valence-corrected chi connectivity index (χ1v) is 8.44. The van der Waals surface area contributed by atoms with Gasteiger partial charge >= 0.3 is 11.9 Å². The number of carbonyl (C=O) groups excluding carboxylic acids is 1. The van der Waals surface area contributed by atoms with Crippen LogP contribution in [0.1, 0.15) is 31.8 Å². The number of aromatic carboxylic acids is 2. The van der Waals surface area contributed by atoms with Crippen molar-refractivity contribution in [2.75, 3.05) is 7.11 Å². The number of hydrogen-bond donors (Lipinski definition) is 3. The third-order valence-corrected chi connectivity index (χ3v) is 4.36. The Morgan fingerprint density at radius 3 is 2.10 bits per heavy atom. The molecule has 2 aromatic carbocycles. The van der Waals surface area contributed by atoms with Crippen LogP contribution in [0.2, 0.25) is 0 Å². The maximum Gasteiger partial charge on any atom is 0.336 e. The summed E-state index contributed by atoms with van der Waals surface area (Å²) < 4.78 is 5.32. The number of methoxy groups -OCH3 is 1. The van der Waals surface area contributed by atoms with E-state index in [1.54, 1.807) is 12.1 Å². The van der Waals surface area contributed by atoms with Crippen molar-refractivity contribution < 1.29 is 34.4 Å². The number of ether oxygens (including phenoxy) is 1. The van der Waals surface area contributed by atoms with Gasteiger partial charge in [-0.25, -0.2) is 9.59 Å². The standard InChI is InChI=1S/C22H16O7/c1-29-19-11-15(24)7-9-17(19)20(12-2-5-14(23)6-3-12)18-10-13(21(25)26)4-8-16(18)22(27)28/h2-11,23H,1H3,(H,25,26)(H,27,28)/b20-17+. The number of phenolic OH excluding ortho intramolecular Hbond substituents is 1. The minimum absolute atomic E-state index is 0.00714. The molecule has 7 nitrogen and oxygen atoms in total. The number of carboxylic acid groups (broad SMARTS) is 2. The first-order valence-electron chi connectivity index (χ1n) is 8.44. The molecule has 0 spiro atoms. The molecule has 0 radical (unpaired) electrons. The van der Waals surface area contributed by atoms with Gasteiger partial charge in [0.2, 0.25) is 0 Å². The summed E-state index contributed by atoms with van der Waals surface area (Å²) >= 11 is 0. The maximum atomic E-state index is 11.9. The lowest BCUT2D eigenvalue weighted by atomic mass is 9.86. The molecule has 3 rings (SSSR count). The van der Waals surface area contributed by atoms with Gasteiger partial charge in [0.05, 0.1) is 18.2 Å². The zero-order valence-electron chi connectivity index (χ0n) is 15.2. The molecule has 0 saturated carbocycles. The Labute approximate surface area is 165 Å². The monoisotopic (exact) mass is 392 g/mol. The SMILES string of the molecule is COC1=CC(=O)C=C/C1=C(/c1ccc(O)cc1)c1cc(C(=O)O)ccc1C(=O)O. The maximum absolute atomic E-state index is 11.9. The molecule has 0 amide bonds. The Bertz CT molecular complexity index is 1100. The van der Waals surface area contributed by atoms with E-state index in [0.29, 0.717) is 16.7 Å². The van der Waals surface area contributed by atoms with E-state index >= 15 is 0 Å². The van der Waals surface area contributed by atoms with E-state index in [4.69, 9.17) is 4.74 Å². The summed E-state index contributed by atoms with van der Waals surface area (Å²) in [5.74, 6) is -2.54. The molecule has 7 heteroatoms. The Morgan fingerprint density at radius 1 is 0.862 bits per heavy atom. The van der Waals surface area contributed by atoms with Gasteiger partial charge in [-0.05, 0) is 53.6 Å². The van der Waals surface area contributed by atoms with Gasteiger partial charge in [-0.3, -0.25) is 4.79 Å². The van der Waals surface area contributed by atoms with Crippen molar-refractivity contribution in [2.24, 2.45) is 0 Å². The van der Waals surface area contributed by atoms with Gasteiger partial charge in [-0.2, -0.15) is 0 Å². The van der Waals surface area contributed by atoms with Crippen LogP contribution >= 0.6 is 0 Å². The number of rotatable bonds is 5. The van der Waals surface area contributed by atoms with Crippen LogP contribution in [0.25, 0.3) is 5.57 Å². The van der Waals surface area contributed by atoms with Crippen LogP contribution in [0.4, 0.5) is 0 Å². The zero-order valence-corrected chi connectivity index (χ0v) is 15.2. The van der Waals surface area contributed by atoms with Gasteiger partial charge in [-0.15, -0.1) is 0 Å². The van der Waals surface area contributed by atoms with Crippen LogP contribution in [0.3, 0.4) is 0 Å². The van der Waals surface area contributed by atoms with Gasteiger partial charge in [0.1, 0.15) is 11.5 Å². The summed E-state index contributed by atoms with van der Waals surface area (Å²) in [6, 6.07) is 9.66. The van der Waals surface area contributed by atoms with Crippen LogP contribution in [0.15, 0.2) is 72.0 Å². The molecule has 2 aromatic rings. The van der Waals surface area contributed by atoms with E-state index in [9.17, 15) is 29.7 Å². The fourth-order valence-corrected chi connectivity index (χ4v) is 3.03. The highest BCUT2D eigenvalue weighted by Crippen LogP contribution is 2.36. The van der Waals surface area contributed by atoms with Crippen molar-refractivity contribution in [3.05, 3.63) is 94.3 Å². The summed E-state index contributed by atoms with van der Waals surface area (Å²) in [7, 11) is 1.37. The lowest BCUT2D eigenvalue weighted by Crippen LogP contribution is -2.10. The van der Waals surface area contributed by atoms with E-state index in [1.807, 2.05) is 0 Å². The fourth-order valence-electron chi connectivity index (χ4n) is 3.03. The molecule has 3 N–H and O–H groups in total. The van der Waals surface area contributed by atoms with E-state index in [1.165, 1.54) is 55.7 Å². The summed E-state index contributed by atoms with van der Waals surface area (Å²) in [6.45, 7) is 0. The first kappa shape index (κ1) is 19.6. The van der Waals surface area contributed by atoms with E-state index in [0.717, 1.165) is 0 Å². The molecule has 0 aliphatic heterocycles. The van der Waals surface area contributed by atoms with Crippen LogP contribution in [0, 0.1) is 0 Å². The Hall–Kier alpha value is -4.13. The molecule has 0 heterocycles. The molecular formula is C22H16O7. The van der Waals surface area contributed by atoms with Crippen LogP contribution < -0.4 is 0 Å². The summed E-state index contributed by atoms with van der Waals surface area (Å²) in [5.41, 5.74) is 1.18. The van der Waals surface area contributed by atoms with Crippen LogP contribution in [-0.2, 0) is 9.53 Å². The minimum atomic E-state index is -1.24. The number of phenols is 1. The molecule has 0 atom stereocenters. The molecule has 29 heavy (non-hydrogen) atoms. The second kappa shape index (κ2) is 7.85. The molecule has 0 saturated heterocycles. The molecule has 146 valence electrons. The summed E-state index contributed by atoms with van der Waals surface area (Å²) in [4.78, 5) is 35.1. The van der Waals surface area contributed by atoms with Crippen molar-refractivity contribution in [3.8, 4) is 5.75 Å². The van der Waals surface area contributed by atoms with Gasteiger partial charge in [0.25, 0.3) is 0 Å². The number of ketones is 1. The molecule has 0 unspecified atom stereocenters. The van der Waals surface area contributed by atoms with Crippen molar-refractivity contribution in [3.63, 3.8) is 0 Å². The predicted molar refractivity (Wildman–Crippen MR) is 104 cm³/mol. The summed E-state index contributed by atoms with van der Waals surface area (Å²) in [5, 5.41) is 28.7. The Balaban J connectivity index is 2.42. The van der Waals surface area contributed by atoms with Crippen molar-refractivity contribution in [2.45, 2.75) is 0 Å². The fraction of sp³-hybridized carbons (Fsp3) is 0.0455. The largest absolute Gasteiger partial charge is 0.508 e. The molecule has 0 aromatic heterocycles. The summed E-state index contributed by atoms with van der Waals surface area (Å²) in [6.07, 6.45) is 4.05. The second-order valence-electron chi connectivity index (χ2n) is 6.15. The van der Waals surface area contributed by atoms with Gasteiger partial charge in [-0.1, -0.05) is 12.1 Å². The predicted octanol–water partition coefficient (Wildman–Crippen LogP) is 3.26. The number of benzene rings is 2. The van der Waals surface area contributed by atoms with Crippen LogP contribution in [-0.4, -0.2) is 40.2 Å². The zero-order chi connectivity index (χ0) is 21.1. The van der Waals surface area contributed by atoms with Gasteiger partial charge < -0.3 is 20.1 Å². The van der Waals surface area contributed by atoms with Crippen molar-refractivity contribution in [1.82, 2.24) is 0 Å². The van der Waals surface area contributed by atoms with Crippen molar-refractivity contribution in [1.29, 1.82) is 0 Å². The van der Waals surface area contributed by atoms with Gasteiger partial charge in [0.15, 0.2) is 5.78 Å². The van der Waals surface area contributed by atoms with E-state index < -0.39 is 11.9 Å². The molecule has 1 aliphatic rings. The molecule has 0 bridgehead atoms. The van der Waals surface area contributed by atoms with Crippen molar-refractivity contribution >= 4 is 23.3 Å². The average molecular weight is 392 g/mol. The number of hydrogen-bond acceptors (Lipinski definition) is 5. The smallest absolute Gasteiger partial charge is 0.336 e. The normalized spacial score (nSPS) is 14.9. The number of allylic oxidation sites excluding steroid dienone is 3. The third kappa shape index (κ3) is 3.93. The molecule has 1 aliphatic carbocycles. The number of aromatic hydroxyl groups is 1. The molecule has 0 fully saturated rings. The topological polar surface area (TPSA) is 121 Å². The highest BCUT2D eigenvalue weighted by Gasteiger charge is 2.23. The van der Waals surface area contributed by atoms with Crippen LogP contribution in [0.5, 0.6) is 5.75 Å². The lowest BCUT2D eigenvalue weighted by Gasteiger charge is -2.19. The number of carbonyl (C=O) groups is 3. The third-order valence-electron chi connectivity index (χ3n) is 4.36. The van der Waals surface area contributed by atoms with Gasteiger partial charge in [0, 0.05) is 17.2 Å². The first-order chi connectivity index (χ1) is 13.8. The van der Waals surface area contributed by atoms with E-state index in [-0.39, 0.29) is 34.0 Å². The minimum Gasteiger partial charge on any atom is -0.508 e.